The minimum absolute atomic E-state index is 0.0231. The van der Waals surface area contributed by atoms with Crippen molar-refractivity contribution in [2.24, 2.45) is 0 Å². The Morgan fingerprint density at radius 2 is 1.90 bits per heavy atom. The Labute approximate surface area is 121 Å². The number of nitro groups is 1. The van der Waals surface area contributed by atoms with Gasteiger partial charge >= 0.3 is 0 Å². The second-order valence-electron chi connectivity index (χ2n) is 3.78. The van der Waals surface area contributed by atoms with E-state index in [1.54, 1.807) is 12.1 Å². The van der Waals surface area contributed by atoms with Crippen LogP contribution >= 0.6 is 0 Å². The van der Waals surface area contributed by atoms with E-state index in [-0.39, 0.29) is 16.3 Å². The zero-order valence-electron chi connectivity index (χ0n) is 11.0. The van der Waals surface area contributed by atoms with Crippen molar-refractivity contribution in [3.05, 3.63) is 28.3 Å². The van der Waals surface area contributed by atoms with Gasteiger partial charge in [-0.3, -0.25) is 10.1 Å². The molecule has 0 aromatic heterocycles. The summed E-state index contributed by atoms with van der Waals surface area (Å²) < 4.78 is 25.3. The number of sulfonamides is 1. The molecule has 0 saturated carbocycles. The van der Waals surface area contributed by atoms with Gasteiger partial charge in [0.05, 0.1) is 22.0 Å². The minimum Gasteiger partial charge on any atom is -0.383 e. The van der Waals surface area contributed by atoms with Crippen molar-refractivity contribution in [1.29, 1.82) is 10.5 Å². The van der Waals surface area contributed by atoms with Crippen molar-refractivity contribution >= 4 is 21.4 Å². The van der Waals surface area contributed by atoms with Gasteiger partial charge < -0.3 is 5.32 Å². The number of nitriles is 2. The molecule has 21 heavy (non-hydrogen) atoms. The number of nitro benzene ring substituents is 1. The van der Waals surface area contributed by atoms with Gasteiger partial charge in [-0.05, 0) is 12.1 Å². The summed E-state index contributed by atoms with van der Waals surface area (Å²) in [5.74, 6) is 0. The van der Waals surface area contributed by atoms with Gasteiger partial charge in [0.1, 0.15) is 18.8 Å². The molecule has 9 nitrogen and oxygen atoms in total. The third-order valence-corrected chi connectivity index (χ3v) is 4.35. The van der Waals surface area contributed by atoms with Crippen LogP contribution in [0.15, 0.2) is 23.1 Å². The van der Waals surface area contributed by atoms with E-state index in [2.05, 4.69) is 5.32 Å². The van der Waals surface area contributed by atoms with Crippen molar-refractivity contribution < 1.29 is 13.3 Å². The van der Waals surface area contributed by atoms with E-state index in [4.69, 9.17) is 10.5 Å². The molecule has 0 aliphatic heterocycles. The lowest BCUT2D eigenvalue weighted by Gasteiger charge is -2.16. The van der Waals surface area contributed by atoms with E-state index in [1.807, 2.05) is 0 Å². The molecule has 0 unspecified atom stereocenters. The average Bonchev–Trinajstić information content (AvgIpc) is 2.46. The summed E-state index contributed by atoms with van der Waals surface area (Å²) in [5, 5.41) is 30.6. The van der Waals surface area contributed by atoms with Gasteiger partial charge in [-0.2, -0.15) is 14.8 Å². The summed E-state index contributed by atoms with van der Waals surface area (Å²) in [6.45, 7) is -0.969. The Hall–Kier alpha value is -2.69. The lowest BCUT2D eigenvalue weighted by Crippen LogP contribution is -2.31. The molecule has 0 aliphatic carbocycles. The molecule has 0 spiro atoms. The highest BCUT2D eigenvalue weighted by molar-refractivity contribution is 7.89. The number of nitrogens with zero attached hydrogens (tertiary/aromatic N) is 4. The van der Waals surface area contributed by atoms with Crippen LogP contribution in [0, 0.1) is 32.8 Å². The molecule has 1 aromatic carbocycles. The molecule has 1 rings (SSSR count). The second kappa shape index (κ2) is 6.65. The Balaban J connectivity index is 3.35. The van der Waals surface area contributed by atoms with Gasteiger partial charge in [0.15, 0.2) is 0 Å². The lowest BCUT2D eigenvalue weighted by molar-refractivity contribution is -0.384. The number of benzene rings is 1. The highest BCUT2D eigenvalue weighted by Gasteiger charge is 2.26. The Morgan fingerprint density at radius 1 is 1.33 bits per heavy atom. The number of hydrogen-bond acceptors (Lipinski definition) is 7. The topological polar surface area (TPSA) is 140 Å². The van der Waals surface area contributed by atoms with Gasteiger partial charge in [0, 0.05) is 13.1 Å². The molecule has 0 amide bonds. The molecule has 0 fully saturated rings. The van der Waals surface area contributed by atoms with Gasteiger partial charge in [-0.1, -0.05) is 0 Å². The quantitative estimate of drug-likeness (QED) is 0.462. The number of anilines is 1. The maximum Gasteiger partial charge on any atom is 0.292 e. The smallest absolute Gasteiger partial charge is 0.292 e. The van der Waals surface area contributed by atoms with Crippen LogP contribution in [-0.2, 0) is 10.0 Å². The summed E-state index contributed by atoms with van der Waals surface area (Å²) in [6, 6.07) is 6.53. The summed E-state index contributed by atoms with van der Waals surface area (Å²) in [7, 11) is -2.66. The van der Waals surface area contributed by atoms with Crippen molar-refractivity contribution in [2.75, 3.05) is 25.5 Å². The molecular weight excluding hydrogens is 298 g/mol. The fourth-order valence-corrected chi connectivity index (χ4v) is 2.83. The lowest BCUT2D eigenvalue weighted by atomic mass is 10.3. The second-order valence-corrected chi connectivity index (χ2v) is 5.71. The van der Waals surface area contributed by atoms with Crippen molar-refractivity contribution in [3.8, 4) is 12.1 Å². The van der Waals surface area contributed by atoms with Crippen LogP contribution in [-0.4, -0.2) is 37.8 Å². The van der Waals surface area contributed by atoms with E-state index in [0.29, 0.717) is 4.31 Å². The van der Waals surface area contributed by atoms with Gasteiger partial charge in [0.25, 0.3) is 5.69 Å². The number of rotatable bonds is 6. The summed E-state index contributed by atoms with van der Waals surface area (Å²) >= 11 is 0. The third kappa shape index (κ3) is 3.45. The highest BCUT2D eigenvalue weighted by Crippen LogP contribution is 2.28. The fraction of sp³-hybridized carbons (Fsp3) is 0.273. The third-order valence-electron chi connectivity index (χ3n) is 2.57. The summed E-state index contributed by atoms with van der Waals surface area (Å²) in [6.07, 6.45) is 0. The zero-order valence-corrected chi connectivity index (χ0v) is 11.8. The Bertz CT molecular complexity index is 716. The molecule has 0 bridgehead atoms. The van der Waals surface area contributed by atoms with E-state index < -0.39 is 28.0 Å². The van der Waals surface area contributed by atoms with Crippen LogP contribution in [0.2, 0.25) is 0 Å². The van der Waals surface area contributed by atoms with E-state index in [9.17, 15) is 18.5 Å². The van der Waals surface area contributed by atoms with Crippen LogP contribution in [0.3, 0.4) is 0 Å². The predicted molar refractivity (Wildman–Crippen MR) is 72.6 cm³/mol. The van der Waals surface area contributed by atoms with Gasteiger partial charge in [-0.25, -0.2) is 8.42 Å². The van der Waals surface area contributed by atoms with E-state index in [1.165, 1.54) is 7.05 Å². The summed E-state index contributed by atoms with van der Waals surface area (Å²) in [4.78, 5) is 9.92. The molecular formula is C11H11N5O4S. The molecule has 110 valence electrons. The molecule has 0 saturated heterocycles. The largest absolute Gasteiger partial charge is 0.383 e. The minimum atomic E-state index is -4.07. The number of nitrogens with one attached hydrogen (secondary N) is 1. The van der Waals surface area contributed by atoms with E-state index >= 15 is 0 Å². The van der Waals surface area contributed by atoms with Crippen LogP contribution in [0.1, 0.15) is 0 Å². The van der Waals surface area contributed by atoms with Gasteiger partial charge in [-0.15, -0.1) is 0 Å². The maximum atomic E-state index is 12.3. The first-order valence-corrected chi connectivity index (χ1v) is 7.02. The fourth-order valence-electron chi connectivity index (χ4n) is 1.57. The van der Waals surface area contributed by atoms with Crippen molar-refractivity contribution in [1.82, 2.24) is 4.31 Å². The monoisotopic (exact) mass is 309 g/mol. The Kier molecular flexibility index (Phi) is 5.18. The molecule has 10 heteroatoms. The molecule has 0 heterocycles. The first-order valence-electron chi connectivity index (χ1n) is 5.58. The Morgan fingerprint density at radius 3 is 2.33 bits per heavy atom. The molecule has 0 radical (unpaired) electrons. The van der Waals surface area contributed by atoms with Crippen molar-refractivity contribution in [3.63, 3.8) is 0 Å². The SMILES string of the molecule is CNc1cc(S(=O)(=O)N(CC#N)CC#N)ccc1[N+](=O)[O-]. The highest BCUT2D eigenvalue weighted by atomic mass is 32.2. The van der Waals surface area contributed by atoms with Crippen LogP contribution < -0.4 is 5.32 Å². The zero-order chi connectivity index (χ0) is 16.0. The molecule has 0 aliphatic rings. The number of hydrogen-bond donors (Lipinski definition) is 1. The first kappa shape index (κ1) is 16.4. The normalized spacial score (nSPS) is 10.7. The van der Waals surface area contributed by atoms with Crippen LogP contribution in [0.4, 0.5) is 11.4 Å². The molecule has 0 atom stereocenters. The van der Waals surface area contributed by atoms with Crippen LogP contribution in [0.25, 0.3) is 0 Å². The predicted octanol–water partition coefficient (Wildman–Crippen LogP) is 0.674. The molecule has 1 aromatic rings. The van der Waals surface area contributed by atoms with E-state index in [0.717, 1.165) is 18.2 Å². The molecule has 1 N–H and O–H groups in total. The van der Waals surface area contributed by atoms with Crippen molar-refractivity contribution in [2.45, 2.75) is 4.90 Å². The van der Waals surface area contributed by atoms with Crippen LogP contribution in [0.5, 0.6) is 0 Å². The maximum absolute atomic E-state index is 12.3. The van der Waals surface area contributed by atoms with Gasteiger partial charge in [0.2, 0.25) is 10.0 Å². The standard InChI is InChI=1S/C11H11N5O4S/c1-14-10-8-9(2-3-11(10)16(17)18)21(19,20)15(6-4-12)7-5-13/h2-3,8,14H,6-7H2,1H3. The first-order chi connectivity index (χ1) is 9.88. The average molecular weight is 309 g/mol. The summed E-state index contributed by atoms with van der Waals surface area (Å²) in [5.41, 5.74) is -0.251.